The van der Waals surface area contributed by atoms with Crippen LogP contribution in [0.4, 0.5) is 0 Å². The molecule has 1 aliphatic rings. The summed E-state index contributed by atoms with van der Waals surface area (Å²) in [6.45, 7) is 4.71. The van der Waals surface area contributed by atoms with Gasteiger partial charge in [-0.05, 0) is 38.0 Å². The quantitative estimate of drug-likeness (QED) is 0.879. The highest BCUT2D eigenvalue weighted by Crippen LogP contribution is 2.32. The minimum Gasteiger partial charge on any atom is -0.389 e. The van der Waals surface area contributed by atoms with E-state index in [4.69, 9.17) is 4.74 Å². The SMILES string of the molecule is CC1OCCC1Sc1cc([C@@H](C)O)ccn1. The minimum absolute atomic E-state index is 0.294. The molecular weight excluding hydrogens is 222 g/mol. The monoisotopic (exact) mass is 239 g/mol. The van der Waals surface area contributed by atoms with Crippen molar-refractivity contribution in [1.82, 2.24) is 4.98 Å². The molecule has 16 heavy (non-hydrogen) atoms. The largest absolute Gasteiger partial charge is 0.389 e. The second-order valence-corrected chi connectivity index (χ2v) is 5.38. The molecule has 0 aliphatic carbocycles. The Labute approximate surface area is 100 Å². The summed E-state index contributed by atoms with van der Waals surface area (Å²) in [5.41, 5.74) is 0.920. The van der Waals surface area contributed by atoms with E-state index in [-0.39, 0.29) is 0 Å². The lowest BCUT2D eigenvalue weighted by atomic mass is 10.2. The van der Waals surface area contributed by atoms with Crippen molar-refractivity contribution in [3.05, 3.63) is 23.9 Å². The van der Waals surface area contributed by atoms with Gasteiger partial charge in [0.1, 0.15) is 0 Å². The van der Waals surface area contributed by atoms with Crippen LogP contribution in [0.5, 0.6) is 0 Å². The smallest absolute Gasteiger partial charge is 0.0967 e. The molecule has 1 aliphatic heterocycles. The Balaban J connectivity index is 2.06. The first-order chi connectivity index (χ1) is 7.66. The summed E-state index contributed by atoms with van der Waals surface area (Å²) < 4.78 is 5.52. The molecule has 0 aromatic carbocycles. The van der Waals surface area contributed by atoms with Crippen molar-refractivity contribution < 1.29 is 9.84 Å². The predicted molar refractivity (Wildman–Crippen MR) is 64.5 cm³/mol. The maximum Gasteiger partial charge on any atom is 0.0967 e. The zero-order chi connectivity index (χ0) is 11.5. The van der Waals surface area contributed by atoms with Crippen molar-refractivity contribution in [3.8, 4) is 0 Å². The van der Waals surface area contributed by atoms with E-state index in [1.165, 1.54) is 0 Å². The molecule has 1 aromatic heterocycles. The topological polar surface area (TPSA) is 42.4 Å². The third kappa shape index (κ3) is 2.75. The summed E-state index contributed by atoms with van der Waals surface area (Å²) in [6.07, 6.45) is 2.69. The molecule has 1 N–H and O–H groups in total. The Morgan fingerprint density at radius 1 is 1.62 bits per heavy atom. The standard InChI is InChI=1S/C12H17NO2S/c1-8(14)10-3-5-13-12(7-10)16-11-4-6-15-9(11)2/h3,5,7-9,11,14H,4,6H2,1-2H3/t8-,9?,11?/m1/s1. The number of ether oxygens (including phenoxy) is 1. The Morgan fingerprint density at radius 2 is 2.44 bits per heavy atom. The Hall–Kier alpha value is -0.580. The van der Waals surface area contributed by atoms with E-state index in [0.717, 1.165) is 23.6 Å². The van der Waals surface area contributed by atoms with Crippen molar-refractivity contribution in [1.29, 1.82) is 0 Å². The van der Waals surface area contributed by atoms with Crippen LogP contribution >= 0.6 is 11.8 Å². The molecule has 2 rings (SSSR count). The molecule has 3 nitrogen and oxygen atoms in total. The Bertz CT molecular complexity index is 357. The van der Waals surface area contributed by atoms with Gasteiger partial charge in [0.15, 0.2) is 0 Å². The van der Waals surface area contributed by atoms with Crippen LogP contribution in [0.1, 0.15) is 31.9 Å². The summed E-state index contributed by atoms with van der Waals surface area (Å²) in [5, 5.41) is 11.0. The fourth-order valence-electron chi connectivity index (χ4n) is 1.77. The van der Waals surface area contributed by atoms with Gasteiger partial charge in [-0.2, -0.15) is 0 Å². The molecule has 0 saturated carbocycles. The lowest BCUT2D eigenvalue weighted by Gasteiger charge is -2.13. The number of hydrogen-bond acceptors (Lipinski definition) is 4. The minimum atomic E-state index is -0.431. The molecule has 0 amide bonds. The van der Waals surface area contributed by atoms with E-state index in [1.54, 1.807) is 24.9 Å². The molecule has 0 radical (unpaired) electrons. The first-order valence-corrected chi connectivity index (χ1v) is 6.47. The highest BCUT2D eigenvalue weighted by molar-refractivity contribution is 7.99. The van der Waals surface area contributed by atoms with Crippen molar-refractivity contribution >= 4 is 11.8 Å². The van der Waals surface area contributed by atoms with Gasteiger partial charge >= 0.3 is 0 Å². The zero-order valence-electron chi connectivity index (χ0n) is 9.59. The average Bonchev–Trinajstić information content (AvgIpc) is 2.65. The van der Waals surface area contributed by atoms with E-state index in [1.807, 2.05) is 12.1 Å². The molecule has 88 valence electrons. The molecule has 4 heteroatoms. The number of thioether (sulfide) groups is 1. The number of rotatable bonds is 3. The summed E-state index contributed by atoms with van der Waals surface area (Å²) in [6, 6.07) is 3.81. The van der Waals surface area contributed by atoms with E-state index >= 15 is 0 Å². The maximum absolute atomic E-state index is 9.50. The number of aromatic nitrogens is 1. The lowest BCUT2D eigenvalue weighted by Crippen LogP contribution is -2.13. The first kappa shape index (κ1) is 11.9. The highest BCUT2D eigenvalue weighted by atomic mass is 32.2. The number of aliphatic hydroxyl groups is 1. The van der Waals surface area contributed by atoms with Gasteiger partial charge in [0.2, 0.25) is 0 Å². The maximum atomic E-state index is 9.50. The zero-order valence-corrected chi connectivity index (χ0v) is 10.4. The normalized spacial score (nSPS) is 26.9. The van der Waals surface area contributed by atoms with Crippen LogP contribution in [0, 0.1) is 0 Å². The van der Waals surface area contributed by atoms with Crippen LogP contribution in [0.2, 0.25) is 0 Å². The summed E-state index contributed by atoms with van der Waals surface area (Å²) in [7, 11) is 0. The average molecular weight is 239 g/mol. The van der Waals surface area contributed by atoms with Gasteiger partial charge in [0.25, 0.3) is 0 Å². The van der Waals surface area contributed by atoms with E-state index in [2.05, 4.69) is 11.9 Å². The van der Waals surface area contributed by atoms with Gasteiger partial charge in [-0.1, -0.05) is 0 Å². The molecule has 2 unspecified atom stereocenters. The van der Waals surface area contributed by atoms with Crippen LogP contribution in [-0.2, 0) is 4.74 Å². The predicted octanol–water partition coefficient (Wildman–Crippen LogP) is 2.40. The van der Waals surface area contributed by atoms with Gasteiger partial charge in [-0.15, -0.1) is 11.8 Å². The Kier molecular flexibility index (Phi) is 3.84. The van der Waals surface area contributed by atoms with Crippen molar-refractivity contribution in [2.24, 2.45) is 0 Å². The fourth-order valence-corrected chi connectivity index (χ4v) is 2.89. The number of pyridine rings is 1. The van der Waals surface area contributed by atoms with Crippen LogP contribution in [0.25, 0.3) is 0 Å². The third-order valence-corrected chi connectivity index (χ3v) is 4.21. The second-order valence-electron chi connectivity index (χ2n) is 4.12. The fraction of sp³-hybridized carbons (Fsp3) is 0.583. The number of nitrogens with zero attached hydrogens (tertiary/aromatic N) is 1. The van der Waals surface area contributed by atoms with Crippen molar-refractivity contribution in [3.63, 3.8) is 0 Å². The summed E-state index contributed by atoms with van der Waals surface area (Å²) in [5.74, 6) is 0. The van der Waals surface area contributed by atoms with Gasteiger partial charge in [-0.3, -0.25) is 0 Å². The molecular formula is C12H17NO2S. The van der Waals surface area contributed by atoms with Crippen molar-refractivity contribution in [2.75, 3.05) is 6.61 Å². The van der Waals surface area contributed by atoms with E-state index in [9.17, 15) is 5.11 Å². The first-order valence-electron chi connectivity index (χ1n) is 5.59. The molecule has 1 fully saturated rings. The molecule has 3 atom stereocenters. The van der Waals surface area contributed by atoms with E-state index in [0.29, 0.717) is 11.4 Å². The van der Waals surface area contributed by atoms with Crippen molar-refractivity contribution in [2.45, 2.75) is 42.8 Å². The molecule has 1 saturated heterocycles. The third-order valence-electron chi connectivity index (χ3n) is 2.82. The van der Waals surface area contributed by atoms with Crippen LogP contribution in [-0.4, -0.2) is 28.1 Å². The Morgan fingerprint density at radius 3 is 3.06 bits per heavy atom. The van der Waals surface area contributed by atoms with Crippen LogP contribution in [0.15, 0.2) is 23.4 Å². The summed E-state index contributed by atoms with van der Waals surface area (Å²) >= 11 is 1.74. The van der Waals surface area contributed by atoms with Gasteiger partial charge < -0.3 is 9.84 Å². The molecule has 1 aromatic rings. The van der Waals surface area contributed by atoms with Crippen LogP contribution < -0.4 is 0 Å². The molecule has 0 bridgehead atoms. The van der Waals surface area contributed by atoms with E-state index < -0.39 is 6.10 Å². The second kappa shape index (κ2) is 5.17. The number of hydrogen-bond donors (Lipinski definition) is 1. The lowest BCUT2D eigenvalue weighted by molar-refractivity contribution is 0.127. The molecule has 2 heterocycles. The number of aliphatic hydroxyl groups excluding tert-OH is 1. The highest BCUT2D eigenvalue weighted by Gasteiger charge is 2.25. The van der Waals surface area contributed by atoms with Gasteiger partial charge in [0.05, 0.1) is 17.2 Å². The van der Waals surface area contributed by atoms with Crippen LogP contribution in [0.3, 0.4) is 0 Å². The summed E-state index contributed by atoms with van der Waals surface area (Å²) in [4.78, 5) is 4.32. The van der Waals surface area contributed by atoms with Gasteiger partial charge in [-0.25, -0.2) is 4.98 Å². The van der Waals surface area contributed by atoms with Gasteiger partial charge in [0, 0.05) is 18.1 Å². The molecule has 0 spiro atoms.